The fourth-order valence-electron chi connectivity index (χ4n) is 2.36. The fourth-order valence-corrected chi connectivity index (χ4v) is 6.59. The molecular weight excluding hydrogens is 341 g/mol. The molecule has 0 aliphatic carbocycles. The van der Waals surface area contributed by atoms with Gasteiger partial charge in [-0.2, -0.15) is 0 Å². The van der Waals surface area contributed by atoms with E-state index in [2.05, 4.69) is 49.4 Å². The van der Waals surface area contributed by atoms with Gasteiger partial charge in [0, 0.05) is 0 Å². The van der Waals surface area contributed by atoms with Crippen LogP contribution in [0.1, 0.15) is 53.9 Å². The van der Waals surface area contributed by atoms with E-state index in [1.165, 1.54) is 16.4 Å². The maximum atomic E-state index is 12.5. The van der Waals surface area contributed by atoms with Crippen LogP contribution < -0.4 is 0 Å². The van der Waals surface area contributed by atoms with E-state index in [0.717, 1.165) is 6.42 Å². The standard InChI is InChI=1S/C13H24NO.3CH3.Sn/c1-6-7-8-9-10-13(15)14(11(2)3)12(4)5;;;;/h10-12H,6-8H2,1-5H3;3*1H3;. The van der Waals surface area contributed by atoms with Crippen molar-refractivity contribution in [3.63, 3.8) is 0 Å². The first-order valence-corrected chi connectivity index (χ1v) is 17.6. The van der Waals surface area contributed by atoms with E-state index in [1.807, 2.05) is 11.0 Å². The van der Waals surface area contributed by atoms with Crippen molar-refractivity contribution in [2.75, 3.05) is 0 Å². The molecule has 0 saturated carbocycles. The number of hydrogen-bond donors (Lipinski definition) is 0. The zero-order valence-corrected chi connectivity index (χ0v) is 17.1. The number of rotatable bonds is 7. The average Bonchev–Trinajstić information content (AvgIpc) is 2.21. The molecule has 1 amide bonds. The summed E-state index contributed by atoms with van der Waals surface area (Å²) in [6, 6.07) is 0.540. The summed E-state index contributed by atoms with van der Waals surface area (Å²) < 4.78 is 1.48. The second-order valence-electron chi connectivity index (χ2n) is 6.96. The third-order valence-corrected chi connectivity index (χ3v) is 10.1. The normalized spacial score (nSPS) is 13.3. The van der Waals surface area contributed by atoms with Crippen molar-refractivity contribution in [2.24, 2.45) is 0 Å². The zero-order valence-electron chi connectivity index (χ0n) is 14.2. The molecule has 0 bridgehead atoms. The summed E-state index contributed by atoms with van der Waals surface area (Å²) in [6.07, 6.45) is 5.50. The van der Waals surface area contributed by atoms with Gasteiger partial charge in [-0.1, -0.05) is 0 Å². The minimum absolute atomic E-state index is 0.211. The Morgan fingerprint density at radius 3 is 1.89 bits per heavy atom. The van der Waals surface area contributed by atoms with Crippen molar-refractivity contribution in [1.82, 2.24) is 4.90 Å². The molecule has 3 heteroatoms. The van der Waals surface area contributed by atoms with Gasteiger partial charge < -0.3 is 0 Å². The summed E-state index contributed by atoms with van der Waals surface area (Å²) in [6.45, 7) is 10.6. The molecule has 0 aromatic rings. The van der Waals surface area contributed by atoms with Crippen LogP contribution in [0.2, 0.25) is 14.8 Å². The molecule has 0 rings (SSSR count). The van der Waals surface area contributed by atoms with Gasteiger partial charge in [0.1, 0.15) is 0 Å². The molecule has 112 valence electrons. The predicted molar refractivity (Wildman–Crippen MR) is 88.1 cm³/mol. The number of allylic oxidation sites excluding steroid dienone is 1. The van der Waals surface area contributed by atoms with Gasteiger partial charge in [-0.15, -0.1) is 0 Å². The van der Waals surface area contributed by atoms with Gasteiger partial charge in [0.15, 0.2) is 0 Å². The molecule has 0 aromatic heterocycles. The molecular formula is C16H33NOSn. The van der Waals surface area contributed by atoms with E-state index < -0.39 is 18.4 Å². The number of carbonyl (C=O) groups excluding carboxylic acids is 1. The first kappa shape index (κ1) is 19.0. The maximum absolute atomic E-state index is 12.5. The number of nitrogens with zero attached hydrogens (tertiary/aromatic N) is 1. The molecule has 0 saturated heterocycles. The molecule has 0 aromatic carbocycles. The van der Waals surface area contributed by atoms with Gasteiger partial charge >= 0.3 is 124 Å². The molecule has 0 aliphatic rings. The van der Waals surface area contributed by atoms with Crippen molar-refractivity contribution in [2.45, 2.75) is 80.8 Å². The predicted octanol–water partition coefficient (Wildman–Crippen LogP) is 4.63. The van der Waals surface area contributed by atoms with Gasteiger partial charge in [-0.3, -0.25) is 0 Å². The Balaban J connectivity index is 5.15. The molecule has 19 heavy (non-hydrogen) atoms. The molecule has 0 radical (unpaired) electrons. The van der Waals surface area contributed by atoms with E-state index in [-0.39, 0.29) is 18.0 Å². The van der Waals surface area contributed by atoms with E-state index in [1.54, 1.807) is 0 Å². The monoisotopic (exact) mass is 375 g/mol. The molecule has 0 atom stereocenters. The number of amides is 1. The van der Waals surface area contributed by atoms with E-state index in [4.69, 9.17) is 0 Å². The van der Waals surface area contributed by atoms with Crippen molar-refractivity contribution >= 4 is 24.3 Å². The Kier molecular flexibility index (Phi) is 8.33. The Bertz CT molecular complexity index is 305. The first-order chi connectivity index (χ1) is 8.61. The third-order valence-electron chi connectivity index (χ3n) is 3.43. The molecule has 0 aliphatic heterocycles. The average molecular weight is 374 g/mol. The van der Waals surface area contributed by atoms with Crippen LogP contribution in [0.15, 0.2) is 9.67 Å². The second-order valence-corrected chi connectivity index (χ2v) is 21.6. The SMILES string of the molecule is CCCC/[C](=C/C(=O)N(C(C)C)C(C)C)[Sn]([CH3])([CH3])[CH3]. The zero-order chi connectivity index (χ0) is 15.2. The number of carbonyl (C=O) groups is 1. The van der Waals surface area contributed by atoms with Crippen molar-refractivity contribution in [1.29, 1.82) is 0 Å². The van der Waals surface area contributed by atoms with Crippen LogP contribution in [0.5, 0.6) is 0 Å². The summed E-state index contributed by atoms with van der Waals surface area (Å²) in [5.74, 6) is 0.211. The van der Waals surface area contributed by atoms with Gasteiger partial charge in [0.25, 0.3) is 0 Å². The van der Waals surface area contributed by atoms with Gasteiger partial charge in [0.2, 0.25) is 0 Å². The molecule has 0 heterocycles. The van der Waals surface area contributed by atoms with Crippen LogP contribution in [0.25, 0.3) is 0 Å². The van der Waals surface area contributed by atoms with Gasteiger partial charge in [-0.25, -0.2) is 0 Å². The van der Waals surface area contributed by atoms with E-state index >= 15 is 0 Å². The number of hydrogen-bond acceptors (Lipinski definition) is 1. The van der Waals surface area contributed by atoms with Crippen LogP contribution in [-0.4, -0.2) is 41.3 Å². The molecule has 0 fully saturated rings. The second kappa shape index (κ2) is 8.33. The van der Waals surface area contributed by atoms with Crippen LogP contribution in [0.3, 0.4) is 0 Å². The van der Waals surface area contributed by atoms with E-state index in [9.17, 15) is 4.79 Å². The molecule has 2 nitrogen and oxygen atoms in total. The Morgan fingerprint density at radius 1 is 1.11 bits per heavy atom. The van der Waals surface area contributed by atoms with Crippen molar-refractivity contribution in [3.05, 3.63) is 9.67 Å². The molecule has 0 unspecified atom stereocenters. The van der Waals surface area contributed by atoms with Crippen LogP contribution >= 0.6 is 0 Å². The van der Waals surface area contributed by atoms with Crippen LogP contribution in [0.4, 0.5) is 0 Å². The van der Waals surface area contributed by atoms with Gasteiger partial charge in [-0.05, 0) is 0 Å². The molecule has 0 spiro atoms. The summed E-state index contributed by atoms with van der Waals surface area (Å²) in [5.41, 5.74) is 0. The third kappa shape index (κ3) is 6.82. The summed E-state index contributed by atoms with van der Waals surface area (Å²) in [4.78, 5) is 21.7. The Hall–Kier alpha value is 0.00870. The first-order valence-electron chi connectivity index (χ1n) is 7.64. The minimum atomic E-state index is -2.14. The van der Waals surface area contributed by atoms with Crippen molar-refractivity contribution < 1.29 is 4.79 Å². The van der Waals surface area contributed by atoms with Crippen molar-refractivity contribution in [3.8, 4) is 0 Å². The summed E-state index contributed by atoms with van der Waals surface area (Å²) in [7, 11) is 0. The Morgan fingerprint density at radius 2 is 1.58 bits per heavy atom. The Labute approximate surface area is 124 Å². The topological polar surface area (TPSA) is 20.3 Å². The summed E-state index contributed by atoms with van der Waals surface area (Å²) in [5, 5.41) is 0. The van der Waals surface area contributed by atoms with Crippen LogP contribution in [0, 0.1) is 0 Å². The quantitative estimate of drug-likeness (QED) is 0.470. The fraction of sp³-hybridized carbons (Fsp3) is 0.812. The summed E-state index contributed by atoms with van der Waals surface area (Å²) >= 11 is -2.14. The number of unbranched alkanes of at least 4 members (excludes halogenated alkanes) is 1. The van der Waals surface area contributed by atoms with E-state index in [0.29, 0.717) is 0 Å². The molecule has 0 N–H and O–H groups in total. The van der Waals surface area contributed by atoms with Gasteiger partial charge in [0.05, 0.1) is 0 Å². The van der Waals surface area contributed by atoms with Crippen LogP contribution in [-0.2, 0) is 4.79 Å².